The van der Waals surface area contributed by atoms with Crippen molar-refractivity contribution in [1.82, 2.24) is 0 Å². The normalized spacial score (nSPS) is 10.6. The monoisotopic (exact) mass is 286 g/mol. The third kappa shape index (κ3) is 2.17. The molecule has 0 amide bonds. The van der Waals surface area contributed by atoms with Crippen LogP contribution in [-0.2, 0) is 0 Å². The molecule has 0 aliphatic heterocycles. The van der Waals surface area contributed by atoms with E-state index in [1.165, 1.54) is 6.07 Å². The molecule has 20 heavy (non-hydrogen) atoms. The second-order valence-electron chi connectivity index (χ2n) is 4.21. The number of rotatable bonds is 3. The molecule has 2 N–H and O–H groups in total. The molecule has 0 atom stereocenters. The Balaban J connectivity index is 2.14. The molecule has 3 aromatic rings. The molecular weight excluding hydrogens is 276 g/mol. The summed E-state index contributed by atoms with van der Waals surface area (Å²) in [6.07, 6.45) is 0. The van der Waals surface area contributed by atoms with Crippen molar-refractivity contribution >= 4 is 37.8 Å². The summed E-state index contributed by atoms with van der Waals surface area (Å²) >= 11 is 1.13. The average molecular weight is 286 g/mol. The van der Waals surface area contributed by atoms with E-state index in [1.807, 2.05) is 24.3 Å². The van der Waals surface area contributed by atoms with Gasteiger partial charge in [0, 0.05) is 21.8 Å². The minimum absolute atomic E-state index is 0.0644. The molecule has 0 radical (unpaired) electrons. The average Bonchev–Trinajstić information content (AvgIpc) is 2.78. The Labute approximate surface area is 118 Å². The Morgan fingerprint density at radius 1 is 1.15 bits per heavy atom. The Hall–Kier alpha value is -2.60. The van der Waals surface area contributed by atoms with Gasteiger partial charge in [0.1, 0.15) is 11.4 Å². The van der Waals surface area contributed by atoms with Gasteiger partial charge in [0.05, 0.1) is 4.92 Å². The van der Waals surface area contributed by atoms with Gasteiger partial charge < -0.3 is 10.4 Å². The van der Waals surface area contributed by atoms with Crippen LogP contribution < -0.4 is 5.32 Å². The van der Waals surface area contributed by atoms with E-state index in [0.29, 0.717) is 11.4 Å². The first kappa shape index (κ1) is 12.4. The number of hydrogen-bond acceptors (Lipinski definition) is 5. The second-order valence-corrected chi connectivity index (χ2v) is 5.24. The van der Waals surface area contributed by atoms with Crippen LogP contribution in [-0.4, -0.2) is 10.0 Å². The van der Waals surface area contributed by atoms with E-state index in [2.05, 4.69) is 5.32 Å². The van der Waals surface area contributed by atoms with Gasteiger partial charge >= 0.3 is 5.00 Å². The molecule has 0 spiro atoms. The van der Waals surface area contributed by atoms with Gasteiger partial charge in [0.15, 0.2) is 0 Å². The summed E-state index contributed by atoms with van der Waals surface area (Å²) in [7, 11) is 0. The third-order valence-corrected chi connectivity index (χ3v) is 3.98. The fourth-order valence-electron chi connectivity index (χ4n) is 2.01. The van der Waals surface area contributed by atoms with Crippen LogP contribution in [0.15, 0.2) is 48.5 Å². The molecule has 6 heteroatoms. The lowest BCUT2D eigenvalue weighted by molar-refractivity contribution is -0.379. The van der Waals surface area contributed by atoms with Crippen molar-refractivity contribution < 1.29 is 10.0 Å². The quantitative estimate of drug-likeness (QED) is 0.557. The van der Waals surface area contributed by atoms with E-state index in [0.717, 1.165) is 21.4 Å². The van der Waals surface area contributed by atoms with Gasteiger partial charge in [-0.05, 0) is 18.2 Å². The van der Waals surface area contributed by atoms with Crippen LogP contribution in [0.5, 0.6) is 5.75 Å². The number of phenolic OH excluding ortho intramolecular Hbond substituents is 1. The SMILES string of the molecule is O=[N+]([O-])c1sc2ccccc2c1Nc1cccc(O)c1. The van der Waals surface area contributed by atoms with E-state index >= 15 is 0 Å². The zero-order valence-electron chi connectivity index (χ0n) is 10.2. The van der Waals surface area contributed by atoms with Crippen molar-refractivity contribution in [3.8, 4) is 5.75 Å². The molecule has 0 saturated heterocycles. The molecule has 1 heterocycles. The van der Waals surface area contributed by atoms with Gasteiger partial charge in [0.25, 0.3) is 0 Å². The highest BCUT2D eigenvalue weighted by Gasteiger charge is 2.21. The summed E-state index contributed by atoms with van der Waals surface area (Å²) in [4.78, 5) is 10.8. The number of hydrogen-bond donors (Lipinski definition) is 2. The molecule has 0 unspecified atom stereocenters. The molecule has 0 fully saturated rings. The number of aromatic hydroxyl groups is 1. The summed E-state index contributed by atoms with van der Waals surface area (Å²) in [5.41, 5.74) is 1.07. The molecule has 0 aliphatic rings. The number of anilines is 2. The van der Waals surface area contributed by atoms with Crippen molar-refractivity contribution in [1.29, 1.82) is 0 Å². The lowest BCUT2D eigenvalue weighted by Crippen LogP contribution is -1.93. The van der Waals surface area contributed by atoms with E-state index in [-0.39, 0.29) is 10.8 Å². The highest BCUT2D eigenvalue weighted by Crippen LogP contribution is 2.43. The van der Waals surface area contributed by atoms with Crippen molar-refractivity contribution in [2.24, 2.45) is 0 Å². The van der Waals surface area contributed by atoms with E-state index < -0.39 is 4.92 Å². The number of nitro groups is 1. The number of nitrogens with one attached hydrogen (secondary N) is 1. The molecule has 1 aromatic heterocycles. The minimum atomic E-state index is -0.393. The number of nitrogens with zero attached hydrogens (tertiary/aromatic N) is 1. The van der Waals surface area contributed by atoms with Crippen molar-refractivity contribution in [3.63, 3.8) is 0 Å². The fraction of sp³-hybridized carbons (Fsp3) is 0. The molecular formula is C14H10N2O3S. The smallest absolute Gasteiger partial charge is 0.348 e. The molecule has 0 aliphatic carbocycles. The van der Waals surface area contributed by atoms with Crippen molar-refractivity contribution in [2.75, 3.05) is 5.32 Å². The first-order valence-electron chi connectivity index (χ1n) is 5.87. The number of benzene rings is 2. The predicted octanol–water partition coefficient (Wildman–Crippen LogP) is 4.26. The molecule has 100 valence electrons. The predicted molar refractivity (Wildman–Crippen MR) is 79.9 cm³/mol. The molecule has 2 aromatic carbocycles. The van der Waals surface area contributed by atoms with Gasteiger partial charge in [-0.2, -0.15) is 0 Å². The van der Waals surface area contributed by atoms with Crippen molar-refractivity contribution in [2.45, 2.75) is 0 Å². The maximum Gasteiger partial charge on any atom is 0.348 e. The van der Waals surface area contributed by atoms with Crippen LogP contribution in [0.1, 0.15) is 0 Å². The van der Waals surface area contributed by atoms with Crippen LogP contribution in [0.4, 0.5) is 16.4 Å². The second kappa shape index (κ2) is 4.82. The first-order valence-corrected chi connectivity index (χ1v) is 6.69. The Morgan fingerprint density at radius 2 is 1.95 bits per heavy atom. The Kier molecular flexibility index (Phi) is 3.00. The summed E-state index contributed by atoms with van der Waals surface area (Å²) in [5.74, 6) is 0.109. The maximum atomic E-state index is 11.2. The molecule has 5 nitrogen and oxygen atoms in total. The summed E-state index contributed by atoms with van der Waals surface area (Å²) in [5, 5.41) is 24.5. The highest BCUT2D eigenvalue weighted by molar-refractivity contribution is 7.23. The van der Waals surface area contributed by atoms with Crippen LogP contribution in [0, 0.1) is 10.1 Å². The standard InChI is InChI=1S/C14H10N2O3S/c17-10-5-3-4-9(8-10)15-13-11-6-1-2-7-12(11)20-14(13)16(18)19/h1-8,15,17H. The van der Waals surface area contributed by atoms with Crippen molar-refractivity contribution in [3.05, 3.63) is 58.6 Å². The van der Waals surface area contributed by atoms with E-state index in [4.69, 9.17) is 0 Å². The third-order valence-electron chi connectivity index (χ3n) is 2.86. The van der Waals surface area contributed by atoms with Gasteiger partial charge in [-0.1, -0.05) is 35.6 Å². The summed E-state index contributed by atoms with van der Waals surface area (Å²) < 4.78 is 0.849. The Morgan fingerprint density at radius 3 is 2.70 bits per heavy atom. The van der Waals surface area contributed by atoms with Gasteiger partial charge in [0.2, 0.25) is 0 Å². The van der Waals surface area contributed by atoms with Gasteiger partial charge in [-0.25, -0.2) is 0 Å². The van der Waals surface area contributed by atoms with Gasteiger partial charge in [-0.15, -0.1) is 0 Å². The fourth-order valence-corrected chi connectivity index (χ4v) is 2.98. The lowest BCUT2D eigenvalue weighted by Gasteiger charge is -2.05. The van der Waals surface area contributed by atoms with E-state index in [9.17, 15) is 15.2 Å². The van der Waals surface area contributed by atoms with Crippen LogP contribution in [0.2, 0.25) is 0 Å². The lowest BCUT2D eigenvalue weighted by atomic mass is 10.2. The summed E-state index contributed by atoms with van der Waals surface area (Å²) in [6.45, 7) is 0. The maximum absolute atomic E-state index is 11.2. The molecule has 0 saturated carbocycles. The topological polar surface area (TPSA) is 75.4 Å². The minimum Gasteiger partial charge on any atom is -0.508 e. The van der Waals surface area contributed by atoms with Crippen LogP contribution >= 0.6 is 11.3 Å². The largest absolute Gasteiger partial charge is 0.508 e. The highest BCUT2D eigenvalue weighted by atomic mass is 32.1. The summed E-state index contributed by atoms with van der Waals surface area (Å²) in [6, 6.07) is 13.9. The number of thiophene rings is 1. The number of fused-ring (bicyclic) bond motifs is 1. The Bertz CT molecular complexity index is 798. The number of phenols is 1. The van der Waals surface area contributed by atoms with Crippen LogP contribution in [0.25, 0.3) is 10.1 Å². The van der Waals surface area contributed by atoms with Crippen LogP contribution in [0.3, 0.4) is 0 Å². The first-order chi connectivity index (χ1) is 9.65. The zero-order chi connectivity index (χ0) is 14.1. The molecule has 0 bridgehead atoms. The zero-order valence-corrected chi connectivity index (χ0v) is 11.1. The van der Waals surface area contributed by atoms with Gasteiger partial charge in [-0.3, -0.25) is 10.1 Å². The molecule has 3 rings (SSSR count). The van der Waals surface area contributed by atoms with E-state index in [1.54, 1.807) is 18.2 Å².